The van der Waals surface area contributed by atoms with Gasteiger partial charge in [0.15, 0.2) is 9.84 Å². The molecule has 0 aliphatic heterocycles. The second kappa shape index (κ2) is 6.68. The van der Waals surface area contributed by atoms with Crippen molar-refractivity contribution in [2.75, 3.05) is 18.1 Å². The van der Waals surface area contributed by atoms with E-state index in [0.717, 1.165) is 12.8 Å². The van der Waals surface area contributed by atoms with E-state index >= 15 is 0 Å². The summed E-state index contributed by atoms with van der Waals surface area (Å²) in [5.41, 5.74) is 0.497. The van der Waals surface area contributed by atoms with E-state index in [9.17, 15) is 13.2 Å². The van der Waals surface area contributed by atoms with E-state index < -0.39 is 9.84 Å². The average molecular weight is 284 g/mol. The third kappa shape index (κ3) is 5.40. The standard InChI is InChI=1S/C13H20N2O3S/c1-4-14-10(2)8-13(16)15-11-6-5-7-12(9-11)19(3,17)18/h5-7,9-10,14H,4,8H2,1-3H3,(H,15,16). The van der Waals surface area contributed by atoms with Gasteiger partial charge in [0.25, 0.3) is 0 Å². The molecule has 0 saturated carbocycles. The molecular formula is C13H20N2O3S. The van der Waals surface area contributed by atoms with Gasteiger partial charge in [0, 0.05) is 24.4 Å². The highest BCUT2D eigenvalue weighted by molar-refractivity contribution is 7.90. The fraction of sp³-hybridized carbons (Fsp3) is 0.462. The largest absolute Gasteiger partial charge is 0.326 e. The van der Waals surface area contributed by atoms with E-state index in [0.29, 0.717) is 12.1 Å². The Hall–Kier alpha value is -1.40. The molecule has 0 aliphatic rings. The molecule has 19 heavy (non-hydrogen) atoms. The minimum atomic E-state index is -3.26. The van der Waals surface area contributed by atoms with Crippen LogP contribution in [0.2, 0.25) is 0 Å². The van der Waals surface area contributed by atoms with Gasteiger partial charge in [0.05, 0.1) is 4.90 Å². The zero-order chi connectivity index (χ0) is 14.5. The predicted molar refractivity (Wildman–Crippen MR) is 75.9 cm³/mol. The number of carbonyl (C=O) groups is 1. The van der Waals surface area contributed by atoms with Crippen LogP contribution in [0.15, 0.2) is 29.2 Å². The zero-order valence-electron chi connectivity index (χ0n) is 11.4. The maximum atomic E-state index is 11.8. The first-order valence-corrected chi connectivity index (χ1v) is 8.05. The summed E-state index contributed by atoms with van der Waals surface area (Å²) in [4.78, 5) is 12.0. The van der Waals surface area contributed by atoms with Gasteiger partial charge in [-0.3, -0.25) is 4.79 Å². The summed E-state index contributed by atoms with van der Waals surface area (Å²) >= 11 is 0. The van der Waals surface area contributed by atoms with Crippen LogP contribution in [0.4, 0.5) is 5.69 Å². The molecule has 0 radical (unpaired) electrons. The van der Waals surface area contributed by atoms with Crippen LogP contribution in [0.25, 0.3) is 0 Å². The van der Waals surface area contributed by atoms with Crippen LogP contribution in [-0.2, 0) is 14.6 Å². The molecule has 0 aliphatic carbocycles. The Kier molecular flexibility index (Phi) is 5.50. The average Bonchev–Trinajstić information content (AvgIpc) is 2.28. The van der Waals surface area contributed by atoms with Gasteiger partial charge in [-0.25, -0.2) is 8.42 Å². The Labute approximate surface area is 114 Å². The molecule has 1 amide bonds. The minimum absolute atomic E-state index is 0.0862. The number of anilines is 1. The van der Waals surface area contributed by atoms with Gasteiger partial charge in [-0.2, -0.15) is 0 Å². The van der Waals surface area contributed by atoms with Crippen LogP contribution >= 0.6 is 0 Å². The van der Waals surface area contributed by atoms with E-state index in [1.807, 2.05) is 13.8 Å². The maximum absolute atomic E-state index is 11.8. The lowest BCUT2D eigenvalue weighted by atomic mass is 10.2. The molecule has 0 aromatic heterocycles. The summed E-state index contributed by atoms with van der Waals surface area (Å²) in [5.74, 6) is -0.140. The number of carbonyl (C=O) groups excluding carboxylic acids is 1. The predicted octanol–water partition coefficient (Wildman–Crippen LogP) is 1.42. The van der Waals surface area contributed by atoms with Gasteiger partial charge in [-0.1, -0.05) is 13.0 Å². The molecule has 2 N–H and O–H groups in total. The normalized spacial score (nSPS) is 13.0. The maximum Gasteiger partial charge on any atom is 0.225 e. The first-order chi connectivity index (χ1) is 8.82. The molecule has 1 aromatic carbocycles. The summed E-state index contributed by atoms with van der Waals surface area (Å²) in [6, 6.07) is 6.34. The summed E-state index contributed by atoms with van der Waals surface area (Å²) in [6.07, 6.45) is 1.48. The highest BCUT2D eigenvalue weighted by Crippen LogP contribution is 2.15. The summed E-state index contributed by atoms with van der Waals surface area (Å²) in [5, 5.41) is 5.84. The molecule has 0 saturated heterocycles. The van der Waals surface area contributed by atoms with Crippen LogP contribution in [0.1, 0.15) is 20.3 Å². The first-order valence-electron chi connectivity index (χ1n) is 6.16. The van der Waals surface area contributed by atoms with Gasteiger partial charge in [0.2, 0.25) is 5.91 Å². The van der Waals surface area contributed by atoms with Crippen LogP contribution < -0.4 is 10.6 Å². The minimum Gasteiger partial charge on any atom is -0.326 e. The number of amides is 1. The van der Waals surface area contributed by atoms with Gasteiger partial charge >= 0.3 is 0 Å². The van der Waals surface area contributed by atoms with Crippen LogP contribution in [0, 0.1) is 0 Å². The number of benzene rings is 1. The Bertz CT molecular complexity index is 541. The highest BCUT2D eigenvalue weighted by Gasteiger charge is 2.10. The SMILES string of the molecule is CCNC(C)CC(=O)Nc1cccc(S(C)(=O)=O)c1. The molecule has 1 aromatic rings. The topological polar surface area (TPSA) is 75.3 Å². The number of rotatable bonds is 6. The van der Waals surface area contributed by atoms with Crippen molar-refractivity contribution in [3.63, 3.8) is 0 Å². The molecule has 6 heteroatoms. The lowest BCUT2D eigenvalue weighted by Gasteiger charge is -2.12. The Morgan fingerprint density at radius 1 is 1.37 bits per heavy atom. The summed E-state index contributed by atoms with van der Waals surface area (Å²) in [7, 11) is -3.26. The third-order valence-corrected chi connectivity index (χ3v) is 3.70. The lowest BCUT2D eigenvalue weighted by molar-refractivity contribution is -0.116. The molecular weight excluding hydrogens is 264 g/mol. The first kappa shape index (κ1) is 15.7. The second-order valence-corrected chi connectivity index (χ2v) is 6.53. The van der Waals surface area contributed by atoms with E-state index in [-0.39, 0.29) is 16.8 Å². The third-order valence-electron chi connectivity index (χ3n) is 2.59. The van der Waals surface area contributed by atoms with Crippen LogP contribution in [0.3, 0.4) is 0 Å². The van der Waals surface area contributed by atoms with Crippen molar-refractivity contribution in [1.29, 1.82) is 0 Å². The lowest BCUT2D eigenvalue weighted by Crippen LogP contribution is -2.30. The van der Waals surface area contributed by atoms with Crippen molar-refractivity contribution in [3.05, 3.63) is 24.3 Å². The van der Waals surface area contributed by atoms with E-state index in [2.05, 4.69) is 10.6 Å². The van der Waals surface area contributed by atoms with Crippen molar-refractivity contribution in [3.8, 4) is 0 Å². The second-order valence-electron chi connectivity index (χ2n) is 4.51. The zero-order valence-corrected chi connectivity index (χ0v) is 12.3. The molecule has 0 fully saturated rings. The van der Waals surface area contributed by atoms with Crippen molar-refractivity contribution in [2.24, 2.45) is 0 Å². The van der Waals surface area contributed by atoms with Crippen molar-refractivity contribution in [2.45, 2.75) is 31.2 Å². The van der Waals surface area contributed by atoms with Gasteiger partial charge < -0.3 is 10.6 Å². The molecule has 5 nitrogen and oxygen atoms in total. The highest BCUT2D eigenvalue weighted by atomic mass is 32.2. The fourth-order valence-corrected chi connectivity index (χ4v) is 2.38. The molecule has 1 unspecified atom stereocenters. The fourth-order valence-electron chi connectivity index (χ4n) is 1.72. The number of hydrogen-bond donors (Lipinski definition) is 2. The van der Waals surface area contributed by atoms with Gasteiger partial charge in [-0.05, 0) is 31.7 Å². The monoisotopic (exact) mass is 284 g/mol. The summed E-state index contributed by atoms with van der Waals surface area (Å²) < 4.78 is 22.8. The quantitative estimate of drug-likeness (QED) is 0.828. The number of sulfone groups is 1. The molecule has 106 valence electrons. The van der Waals surface area contributed by atoms with Gasteiger partial charge in [0.1, 0.15) is 0 Å². The van der Waals surface area contributed by atoms with Crippen LogP contribution in [-0.4, -0.2) is 33.2 Å². The molecule has 1 rings (SSSR count). The van der Waals surface area contributed by atoms with Crippen molar-refractivity contribution < 1.29 is 13.2 Å². The van der Waals surface area contributed by atoms with Crippen LogP contribution in [0.5, 0.6) is 0 Å². The molecule has 0 heterocycles. The van der Waals surface area contributed by atoms with Crippen molar-refractivity contribution >= 4 is 21.4 Å². The number of hydrogen-bond acceptors (Lipinski definition) is 4. The van der Waals surface area contributed by atoms with Gasteiger partial charge in [-0.15, -0.1) is 0 Å². The summed E-state index contributed by atoms with van der Waals surface area (Å²) in [6.45, 7) is 4.71. The van der Waals surface area contributed by atoms with E-state index in [4.69, 9.17) is 0 Å². The van der Waals surface area contributed by atoms with E-state index in [1.165, 1.54) is 12.1 Å². The Morgan fingerprint density at radius 2 is 2.05 bits per heavy atom. The Morgan fingerprint density at radius 3 is 2.63 bits per heavy atom. The number of nitrogens with one attached hydrogen (secondary N) is 2. The molecule has 0 bridgehead atoms. The molecule has 1 atom stereocenters. The Balaban J connectivity index is 2.70. The van der Waals surface area contributed by atoms with Crippen molar-refractivity contribution in [1.82, 2.24) is 5.32 Å². The smallest absolute Gasteiger partial charge is 0.225 e. The molecule has 0 spiro atoms. The van der Waals surface area contributed by atoms with E-state index in [1.54, 1.807) is 12.1 Å².